The quantitative estimate of drug-likeness (QED) is 0.874. The highest BCUT2D eigenvalue weighted by Crippen LogP contribution is 2.28. The molecular formula is C15H19N3O3. The predicted octanol–water partition coefficient (Wildman–Crippen LogP) is 1.54. The first kappa shape index (κ1) is 14.9. The Kier molecular flexibility index (Phi) is 4.47. The molecule has 0 saturated heterocycles. The first-order valence-corrected chi connectivity index (χ1v) is 6.58. The van der Waals surface area contributed by atoms with Crippen molar-refractivity contribution >= 4 is 5.91 Å². The van der Waals surface area contributed by atoms with Crippen LogP contribution in [0.2, 0.25) is 0 Å². The number of benzene rings is 1. The van der Waals surface area contributed by atoms with Crippen LogP contribution in [0.3, 0.4) is 0 Å². The number of imidazole rings is 1. The number of ether oxygens (including phenoxy) is 2. The van der Waals surface area contributed by atoms with Crippen LogP contribution < -0.4 is 15.2 Å². The molecule has 1 aromatic carbocycles. The third-order valence-electron chi connectivity index (χ3n) is 3.39. The van der Waals surface area contributed by atoms with Crippen LogP contribution in [0.5, 0.6) is 11.5 Å². The lowest BCUT2D eigenvalue weighted by molar-refractivity contribution is -0.120. The van der Waals surface area contributed by atoms with Crippen molar-refractivity contribution in [3.63, 3.8) is 0 Å². The molecule has 0 fully saturated rings. The van der Waals surface area contributed by atoms with Crippen LogP contribution in [-0.2, 0) is 11.2 Å². The molecule has 6 nitrogen and oxygen atoms in total. The van der Waals surface area contributed by atoms with E-state index >= 15 is 0 Å². The molecule has 112 valence electrons. The van der Waals surface area contributed by atoms with Crippen LogP contribution in [0.4, 0.5) is 0 Å². The third-order valence-corrected chi connectivity index (χ3v) is 3.39. The number of aromatic nitrogens is 2. The minimum Gasteiger partial charge on any atom is -0.493 e. The third kappa shape index (κ3) is 3.16. The maximum absolute atomic E-state index is 11.3. The van der Waals surface area contributed by atoms with E-state index in [1.165, 1.54) is 0 Å². The van der Waals surface area contributed by atoms with Crippen LogP contribution in [0.15, 0.2) is 30.6 Å². The van der Waals surface area contributed by atoms with E-state index in [4.69, 9.17) is 15.2 Å². The van der Waals surface area contributed by atoms with Crippen molar-refractivity contribution in [3.05, 3.63) is 42.0 Å². The molecule has 0 aliphatic heterocycles. The maximum atomic E-state index is 11.3. The van der Waals surface area contributed by atoms with Crippen molar-refractivity contribution in [2.75, 3.05) is 14.2 Å². The maximum Gasteiger partial charge on any atom is 0.240 e. The largest absolute Gasteiger partial charge is 0.493 e. The Morgan fingerprint density at radius 1 is 1.33 bits per heavy atom. The fraction of sp³-hybridized carbons (Fsp3) is 0.333. The van der Waals surface area contributed by atoms with E-state index in [-0.39, 0.29) is 5.91 Å². The molecule has 1 atom stereocenters. The van der Waals surface area contributed by atoms with Gasteiger partial charge in [0.1, 0.15) is 11.9 Å². The Morgan fingerprint density at radius 3 is 2.67 bits per heavy atom. The Morgan fingerprint density at radius 2 is 2.05 bits per heavy atom. The average molecular weight is 289 g/mol. The predicted molar refractivity (Wildman–Crippen MR) is 78.5 cm³/mol. The highest BCUT2D eigenvalue weighted by molar-refractivity contribution is 5.78. The second kappa shape index (κ2) is 6.30. The van der Waals surface area contributed by atoms with Gasteiger partial charge in [-0.3, -0.25) is 4.79 Å². The Hall–Kier alpha value is -2.50. The first-order valence-electron chi connectivity index (χ1n) is 6.58. The Labute approximate surface area is 123 Å². The molecule has 1 aromatic heterocycles. The molecule has 0 aliphatic rings. The molecule has 0 saturated carbocycles. The molecule has 2 aromatic rings. The van der Waals surface area contributed by atoms with Gasteiger partial charge >= 0.3 is 0 Å². The SMILES string of the molecule is COc1ccc(Cc2nccn2C(C)C(N)=O)cc1OC. The van der Waals surface area contributed by atoms with Crippen molar-refractivity contribution < 1.29 is 14.3 Å². The zero-order chi connectivity index (χ0) is 15.4. The summed E-state index contributed by atoms with van der Waals surface area (Å²) in [5.41, 5.74) is 6.36. The Balaban J connectivity index is 2.27. The molecule has 1 amide bonds. The van der Waals surface area contributed by atoms with Crippen LogP contribution in [0.25, 0.3) is 0 Å². The van der Waals surface area contributed by atoms with E-state index in [9.17, 15) is 4.79 Å². The fourth-order valence-corrected chi connectivity index (χ4v) is 2.14. The van der Waals surface area contributed by atoms with E-state index in [2.05, 4.69) is 4.98 Å². The molecule has 21 heavy (non-hydrogen) atoms. The number of nitrogens with two attached hydrogens (primary N) is 1. The van der Waals surface area contributed by atoms with Gasteiger partial charge in [0, 0.05) is 18.8 Å². The monoisotopic (exact) mass is 289 g/mol. The zero-order valence-electron chi connectivity index (χ0n) is 12.4. The number of hydrogen-bond donors (Lipinski definition) is 1. The smallest absolute Gasteiger partial charge is 0.240 e. The highest BCUT2D eigenvalue weighted by atomic mass is 16.5. The van der Waals surface area contributed by atoms with Gasteiger partial charge < -0.3 is 19.8 Å². The summed E-state index contributed by atoms with van der Waals surface area (Å²) in [6, 6.07) is 5.25. The standard InChI is InChI=1S/C15H19N3O3/c1-10(15(16)19)18-7-6-17-14(18)9-11-4-5-12(20-2)13(8-11)21-3/h4-8,10H,9H2,1-3H3,(H2,16,19). The van der Waals surface area contributed by atoms with Crippen LogP contribution in [-0.4, -0.2) is 29.7 Å². The molecule has 0 radical (unpaired) electrons. The van der Waals surface area contributed by atoms with Gasteiger partial charge in [0.25, 0.3) is 0 Å². The molecule has 6 heteroatoms. The summed E-state index contributed by atoms with van der Waals surface area (Å²) < 4.78 is 12.3. The van der Waals surface area contributed by atoms with Gasteiger partial charge in [-0.2, -0.15) is 0 Å². The number of methoxy groups -OCH3 is 2. The number of hydrogen-bond acceptors (Lipinski definition) is 4. The van der Waals surface area contributed by atoms with Crippen LogP contribution in [0.1, 0.15) is 24.4 Å². The van der Waals surface area contributed by atoms with Gasteiger partial charge in [0.05, 0.1) is 14.2 Å². The Bertz CT molecular complexity index is 637. The van der Waals surface area contributed by atoms with Crippen molar-refractivity contribution in [1.82, 2.24) is 9.55 Å². The molecule has 1 heterocycles. The second-order valence-corrected chi connectivity index (χ2v) is 4.70. The average Bonchev–Trinajstić information content (AvgIpc) is 2.94. The lowest BCUT2D eigenvalue weighted by atomic mass is 10.1. The minimum atomic E-state index is -0.428. The topological polar surface area (TPSA) is 79.4 Å². The number of nitrogens with zero attached hydrogens (tertiary/aromatic N) is 2. The molecular weight excluding hydrogens is 270 g/mol. The number of primary amides is 1. The molecule has 0 bridgehead atoms. The summed E-state index contributed by atoms with van der Waals surface area (Å²) >= 11 is 0. The summed E-state index contributed by atoms with van der Waals surface area (Å²) in [4.78, 5) is 15.6. The van der Waals surface area contributed by atoms with E-state index in [0.29, 0.717) is 17.9 Å². The summed E-state index contributed by atoms with van der Waals surface area (Å²) in [7, 11) is 3.19. The minimum absolute atomic E-state index is 0.387. The zero-order valence-corrected chi connectivity index (χ0v) is 12.4. The summed E-state index contributed by atoms with van der Waals surface area (Å²) in [6.07, 6.45) is 3.99. The van der Waals surface area contributed by atoms with Gasteiger partial charge in [-0.05, 0) is 24.6 Å². The normalized spacial score (nSPS) is 12.0. The van der Waals surface area contributed by atoms with E-state index in [1.54, 1.807) is 38.1 Å². The molecule has 0 aliphatic carbocycles. The molecule has 2 N–H and O–H groups in total. The summed E-state index contributed by atoms with van der Waals surface area (Å²) in [5.74, 6) is 1.72. The number of rotatable bonds is 6. The molecule has 1 unspecified atom stereocenters. The number of carbonyl (C=O) groups is 1. The number of carbonyl (C=O) groups excluding carboxylic acids is 1. The fourth-order valence-electron chi connectivity index (χ4n) is 2.14. The van der Waals surface area contributed by atoms with E-state index < -0.39 is 6.04 Å². The highest BCUT2D eigenvalue weighted by Gasteiger charge is 2.15. The van der Waals surface area contributed by atoms with Crippen LogP contribution >= 0.6 is 0 Å². The summed E-state index contributed by atoms with van der Waals surface area (Å²) in [6.45, 7) is 1.75. The van der Waals surface area contributed by atoms with Gasteiger partial charge in [-0.15, -0.1) is 0 Å². The summed E-state index contributed by atoms with van der Waals surface area (Å²) in [5, 5.41) is 0. The van der Waals surface area contributed by atoms with Gasteiger partial charge in [-0.25, -0.2) is 4.98 Å². The van der Waals surface area contributed by atoms with Gasteiger partial charge in [0.15, 0.2) is 11.5 Å². The van der Waals surface area contributed by atoms with Crippen molar-refractivity contribution in [2.45, 2.75) is 19.4 Å². The van der Waals surface area contributed by atoms with Crippen molar-refractivity contribution in [3.8, 4) is 11.5 Å². The van der Waals surface area contributed by atoms with Crippen molar-refractivity contribution in [2.24, 2.45) is 5.73 Å². The number of amides is 1. The lowest BCUT2D eigenvalue weighted by Gasteiger charge is -2.14. The first-order chi connectivity index (χ1) is 10.1. The van der Waals surface area contributed by atoms with Crippen LogP contribution in [0, 0.1) is 0 Å². The molecule has 2 rings (SSSR count). The lowest BCUT2D eigenvalue weighted by Crippen LogP contribution is -2.25. The van der Waals surface area contributed by atoms with Gasteiger partial charge in [-0.1, -0.05) is 6.07 Å². The van der Waals surface area contributed by atoms with Gasteiger partial charge in [0.2, 0.25) is 5.91 Å². The van der Waals surface area contributed by atoms with E-state index in [0.717, 1.165) is 11.4 Å². The van der Waals surface area contributed by atoms with Crippen molar-refractivity contribution in [1.29, 1.82) is 0 Å². The van der Waals surface area contributed by atoms with E-state index in [1.807, 2.05) is 18.2 Å². The second-order valence-electron chi connectivity index (χ2n) is 4.70. The molecule has 0 spiro atoms.